The maximum atomic E-state index is 13.0. The number of hydrogen-bond donors (Lipinski definition) is 1. The maximum absolute atomic E-state index is 13.0. The molecule has 1 saturated carbocycles. The molecule has 1 aromatic rings. The smallest absolute Gasteiger partial charge is 0.124 e. The van der Waals surface area contributed by atoms with Gasteiger partial charge in [-0.3, -0.25) is 4.21 Å². The van der Waals surface area contributed by atoms with Crippen LogP contribution in [0.2, 0.25) is 0 Å². The van der Waals surface area contributed by atoms with Crippen LogP contribution in [0.4, 0.5) is 4.39 Å². The van der Waals surface area contributed by atoms with Crippen molar-refractivity contribution in [1.82, 2.24) is 0 Å². The second-order valence-electron chi connectivity index (χ2n) is 4.73. The van der Waals surface area contributed by atoms with Crippen LogP contribution in [-0.4, -0.2) is 20.7 Å². The monoisotopic (exact) mass is 256 g/mol. The van der Waals surface area contributed by atoms with Gasteiger partial charge in [-0.2, -0.15) is 0 Å². The molecule has 1 unspecified atom stereocenters. The zero-order valence-electron chi connectivity index (χ0n) is 9.69. The summed E-state index contributed by atoms with van der Waals surface area (Å²) < 4.78 is 25.1. The molecule has 0 aromatic heterocycles. The fourth-order valence-corrected chi connectivity index (χ4v) is 3.71. The molecular weight excluding hydrogens is 239 g/mol. The van der Waals surface area contributed by atoms with E-state index in [1.807, 2.05) is 0 Å². The van der Waals surface area contributed by atoms with Crippen molar-refractivity contribution in [1.29, 1.82) is 0 Å². The summed E-state index contributed by atoms with van der Waals surface area (Å²) in [7, 11) is -1.32. The number of aliphatic hydroxyl groups is 1. The van der Waals surface area contributed by atoms with E-state index in [0.29, 0.717) is 17.7 Å². The second-order valence-corrected chi connectivity index (χ2v) is 6.18. The second kappa shape index (κ2) is 5.27. The van der Waals surface area contributed by atoms with Gasteiger partial charge < -0.3 is 5.11 Å². The van der Waals surface area contributed by atoms with Crippen molar-refractivity contribution in [3.05, 3.63) is 30.1 Å². The number of hydrogen-bond acceptors (Lipinski definition) is 2. The molecule has 0 bridgehead atoms. The SMILES string of the molecule is O=S(CC1(O)CCCCC1)c1cccc(F)c1. The molecule has 1 fully saturated rings. The summed E-state index contributed by atoms with van der Waals surface area (Å²) in [4.78, 5) is 0.462. The molecule has 1 aliphatic carbocycles. The first-order chi connectivity index (χ1) is 8.09. The Morgan fingerprint density at radius 3 is 2.65 bits per heavy atom. The molecule has 4 heteroatoms. The molecule has 2 nitrogen and oxygen atoms in total. The molecule has 0 radical (unpaired) electrons. The average molecular weight is 256 g/mol. The van der Waals surface area contributed by atoms with Crippen molar-refractivity contribution in [2.24, 2.45) is 0 Å². The number of benzene rings is 1. The first-order valence-corrected chi connectivity index (χ1v) is 7.27. The van der Waals surface area contributed by atoms with Gasteiger partial charge in [-0.1, -0.05) is 25.3 Å². The lowest BCUT2D eigenvalue weighted by atomic mass is 9.86. The fourth-order valence-electron chi connectivity index (χ4n) is 2.29. The summed E-state index contributed by atoms with van der Waals surface area (Å²) in [6.45, 7) is 0. The third kappa shape index (κ3) is 3.36. The van der Waals surface area contributed by atoms with Crippen LogP contribution >= 0.6 is 0 Å². The molecular formula is C13H17FO2S. The van der Waals surface area contributed by atoms with Gasteiger partial charge in [0.25, 0.3) is 0 Å². The van der Waals surface area contributed by atoms with E-state index in [9.17, 15) is 13.7 Å². The Morgan fingerprint density at radius 2 is 2.00 bits per heavy atom. The van der Waals surface area contributed by atoms with Crippen LogP contribution in [0.5, 0.6) is 0 Å². The third-order valence-electron chi connectivity index (χ3n) is 3.24. The van der Waals surface area contributed by atoms with Crippen LogP contribution in [0.1, 0.15) is 32.1 Å². The summed E-state index contributed by atoms with van der Waals surface area (Å²) >= 11 is 0. The summed E-state index contributed by atoms with van der Waals surface area (Å²) in [6, 6.07) is 5.80. The van der Waals surface area contributed by atoms with E-state index in [1.165, 1.54) is 12.1 Å². The summed E-state index contributed by atoms with van der Waals surface area (Å²) in [6.07, 6.45) is 4.50. The predicted octanol–water partition coefficient (Wildman–Crippen LogP) is 2.63. The molecule has 0 amide bonds. The number of rotatable bonds is 3. The minimum Gasteiger partial charge on any atom is -0.389 e. The van der Waals surface area contributed by atoms with Crippen molar-refractivity contribution in [2.45, 2.75) is 42.6 Å². The van der Waals surface area contributed by atoms with Crippen molar-refractivity contribution < 1.29 is 13.7 Å². The minimum atomic E-state index is -1.32. The zero-order valence-corrected chi connectivity index (χ0v) is 10.5. The highest BCUT2D eigenvalue weighted by molar-refractivity contribution is 7.85. The van der Waals surface area contributed by atoms with Gasteiger partial charge in [-0.15, -0.1) is 0 Å². The van der Waals surface area contributed by atoms with Crippen LogP contribution in [-0.2, 0) is 10.8 Å². The van der Waals surface area contributed by atoms with E-state index < -0.39 is 16.4 Å². The van der Waals surface area contributed by atoms with E-state index in [4.69, 9.17) is 0 Å². The summed E-state index contributed by atoms with van der Waals surface area (Å²) in [5, 5.41) is 10.3. The Morgan fingerprint density at radius 1 is 1.29 bits per heavy atom. The van der Waals surface area contributed by atoms with Crippen molar-refractivity contribution in [3.8, 4) is 0 Å². The standard InChI is InChI=1S/C13H17FO2S/c14-11-5-4-6-12(9-11)17(16)10-13(15)7-2-1-3-8-13/h4-6,9,15H,1-3,7-8,10H2. The van der Waals surface area contributed by atoms with Crippen LogP contribution in [0, 0.1) is 5.82 Å². The summed E-state index contributed by atoms with van der Waals surface area (Å²) in [5.41, 5.74) is -0.824. The molecule has 1 N–H and O–H groups in total. The van der Waals surface area contributed by atoms with Gasteiger partial charge in [-0.05, 0) is 31.0 Å². The van der Waals surface area contributed by atoms with E-state index in [-0.39, 0.29) is 11.6 Å². The van der Waals surface area contributed by atoms with Gasteiger partial charge in [-0.25, -0.2) is 4.39 Å². The largest absolute Gasteiger partial charge is 0.389 e. The highest BCUT2D eigenvalue weighted by Gasteiger charge is 2.31. The normalized spacial score (nSPS) is 21.1. The highest BCUT2D eigenvalue weighted by Crippen LogP contribution is 2.29. The fraction of sp³-hybridized carbons (Fsp3) is 0.538. The molecule has 2 rings (SSSR count). The lowest BCUT2D eigenvalue weighted by Crippen LogP contribution is -2.37. The molecule has 1 aliphatic rings. The van der Waals surface area contributed by atoms with Crippen LogP contribution in [0.3, 0.4) is 0 Å². The number of halogens is 1. The molecule has 0 aliphatic heterocycles. The first-order valence-electron chi connectivity index (χ1n) is 5.95. The quantitative estimate of drug-likeness (QED) is 0.902. The van der Waals surface area contributed by atoms with Crippen molar-refractivity contribution in [2.75, 3.05) is 5.75 Å². The van der Waals surface area contributed by atoms with Crippen molar-refractivity contribution in [3.63, 3.8) is 0 Å². The third-order valence-corrected chi connectivity index (χ3v) is 4.82. The van der Waals surface area contributed by atoms with E-state index in [1.54, 1.807) is 12.1 Å². The van der Waals surface area contributed by atoms with Gasteiger partial charge in [0.05, 0.1) is 22.2 Å². The van der Waals surface area contributed by atoms with Gasteiger partial charge in [0, 0.05) is 4.90 Å². The Kier molecular flexibility index (Phi) is 3.94. The lowest BCUT2D eigenvalue weighted by molar-refractivity contribution is 0.0265. The molecule has 1 atom stereocenters. The highest BCUT2D eigenvalue weighted by atomic mass is 32.2. The van der Waals surface area contributed by atoms with Gasteiger partial charge in [0.1, 0.15) is 5.82 Å². The lowest BCUT2D eigenvalue weighted by Gasteiger charge is -2.31. The van der Waals surface area contributed by atoms with Crippen LogP contribution in [0.25, 0.3) is 0 Å². The molecule has 0 spiro atoms. The molecule has 17 heavy (non-hydrogen) atoms. The first kappa shape index (κ1) is 12.7. The Hall–Kier alpha value is -0.740. The van der Waals surface area contributed by atoms with Crippen LogP contribution in [0.15, 0.2) is 29.2 Å². The average Bonchev–Trinajstić information content (AvgIpc) is 2.29. The zero-order chi connectivity index (χ0) is 12.3. The molecule has 0 heterocycles. The minimum absolute atomic E-state index is 0.219. The molecule has 0 saturated heterocycles. The van der Waals surface area contributed by atoms with E-state index in [2.05, 4.69) is 0 Å². The van der Waals surface area contributed by atoms with Gasteiger partial charge >= 0.3 is 0 Å². The topological polar surface area (TPSA) is 37.3 Å². The molecule has 94 valence electrons. The molecule has 1 aromatic carbocycles. The van der Waals surface area contributed by atoms with Crippen LogP contribution < -0.4 is 0 Å². The van der Waals surface area contributed by atoms with Crippen molar-refractivity contribution >= 4 is 10.8 Å². The Labute approximate surface area is 103 Å². The summed E-state index contributed by atoms with van der Waals surface area (Å²) in [5.74, 6) is -0.164. The van der Waals surface area contributed by atoms with E-state index >= 15 is 0 Å². The van der Waals surface area contributed by atoms with Gasteiger partial charge in [0.15, 0.2) is 0 Å². The van der Waals surface area contributed by atoms with Gasteiger partial charge in [0.2, 0.25) is 0 Å². The predicted molar refractivity (Wildman–Crippen MR) is 65.7 cm³/mol. The van der Waals surface area contributed by atoms with E-state index in [0.717, 1.165) is 19.3 Å². The Bertz CT molecular complexity index is 414. The Balaban J connectivity index is 2.06. The maximum Gasteiger partial charge on any atom is 0.124 e.